The van der Waals surface area contributed by atoms with Gasteiger partial charge in [-0.05, 0) is 28.7 Å². The van der Waals surface area contributed by atoms with Gasteiger partial charge in [-0.15, -0.1) is 0 Å². The van der Waals surface area contributed by atoms with Crippen LogP contribution in [0.15, 0.2) is 12.3 Å². The first kappa shape index (κ1) is 15.2. The van der Waals surface area contributed by atoms with Gasteiger partial charge in [0, 0.05) is 9.77 Å². The van der Waals surface area contributed by atoms with Crippen LogP contribution in [0.4, 0.5) is 18.9 Å². The number of alkyl halides is 3. The zero-order valence-corrected chi connectivity index (χ0v) is 10.3. The highest BCUT2D eigenvalue weighted by Gasteiger charge is 2.38. The molecule has 0 radical (unpaired) electrons. The molecule has 0 bridgehead atoms. The lowest BCUT2D eigenvalue weighted by molar-refractivity contribution is -0.192. The average molecular weight is 368 g/mol. The molecule has 0 amide bonds. The Balaban J connectivity index is 0.000000293. The molecule has 1 aromatic rings. The van der Waals surface area contributed by atoms with Crippen LogP contribution in [0.1, 0.15) is 0 Å². The number of nitrogen functional groups attached to an aromatic ring is 1. The fourth-order valence-electron chi connectivity index (χ4n) is 0.426. The van der Waals surface area contributed by atoms with E-state index >= 15 is 0 Å². The lowest BCUT2D eigenvalue weighted by Gasteiger charge is -1.96. The van der Waals surface area contributed by atoms with Crippen molar-refractivity contribution in [2.45, 2.75) is 6.18 Å². The molecule has 0 atom stereocenters. The van der Waals surface area contributed by atoms with Crippen molar-refractivity contribution in [2.24, 2.45) is 0 Å². The fraction of sp³-hybridized carbons (Fsp3) is 0.143. The van der Waals surface area contributed by atoms with E-state index in [-0.39, 0.29) is 0 Å². The number of nitrogens with zero attached hydrogens (tertiary/aromatic N) is 1. The lowest BCUT2D eigenvalue weighted by atomic mass is 10.4. The number of anilines is 1. The van der Waals surface area contributed by atoms with Crippen LogP contribution in [0.3, 0.4) is 0 Å². The van der Waals surface area contributed by atoms with Crippen molar-refractivity contribution in [2.75, 3.05) is 5.73 Å². The van der Waals surface area contributed by atoms with E-state index in [0.29, 0.717) is 10.8 Å². The van der Waals surface area contributed by atoms with Gasteiger partial charge in [0.05, 0.1) is 5.69 Å². The molecule has 1 heterocycles. The number of pyridine rings is 1. The van der Waals surface area contributed by atoms with Gasteiger partial charge in [-0.1, -0.05) is 11.6 Å². The number of rotatable bonds is 0. The summed E-state index contributed by atoms with van der Waals surface area (Å²) in [6.07, 6.45) is -3.46. The third kappa shape index (κ3) is 5.35. The lowest BCUT2D eigenvalue weighted by Crippen LogP contribution is -2.21. The Hall–Kier alpha value is -0.770. The Bertz CT molecular complexity index is 366. The normalized spacial score (nSPS) is 10.3. The zero-order valence-electron chi connectivity index (χ0n) is 7.42. The van der Waals surface area contributed by atoms with Crippen LogP contribution in [0.25, 0.3) is 0 Å². The first-order valence-electron chi connectivity index (χ1n) is 3.52. The number of carboxylic acid groups (broad SMARTS) is 1. The molecule has 0 saturated heterocycles. The summed E-state index contributed by atoms with van der Waals surface area (Å²) in [7, 11) is 0. The van der Waals surface area contributed by atoms with Crippen molar-refractivity contribution in [1.82, 2.24) is 4.98 Å². The predicted molar refractivity (Wildman–Crippen MR) is 60.1 cm³/mol. The second-order valence-electron chi connectivity index (χ2n) is 2.30. The largest absolute Gasteiger partial charge is 0.490 e. The summed E-state index contributed by atoms with van der Waals surface area (Å²) >= 11 is 7.67. The molecular formula is C7H5ClF3IN2O2. The number of carbonyl (C=O) groups is 1. The maximum absolute atomic E-state index is 10.6. The highest BCUT2D eigenvalue weighted by molar-refractivity contribution is 14.1. The van der Waals surface area contributed by atoms with Gasteiger partial charge in [-0.3, -0.25) is 0 Å². The summed E-state index contributed by atoms with van der Waals surface area (Å²) in [5.41, 5.74) is 6.04. The average Bonchev–Trinajstić information content (AvgIpc) is 2.13. The van der Waals surface area contributed by atoms with E-state index < -0.39 is 12.1 Å². The molecule has 90 valence electrons. The number of aliphatic carboxylic acids is 1. The van der Waals surface area contributed by atoms with E-state index in [1.165, 1.54) is 0 Å². The van der Waals surface area contributed by atoms with Gasteiger partial charge in [0.1, 0.15) is 0 Å². The molecule has 4 nitrogen and oxygen atoms in total. The summed E-state index contributed by atoms with van der Waals surface area (Å²) in [5, 5.41) is 7.50. The Kier molecular flexibility index (Phi) is 5.79. The number of hydrogen-bond acceptors (Lipinski definition) is 3. The molecular weight excluding hydrogens is 363 g/mol. The first-order chi connectivity index (χ1) is 7.16. The van der Waals surface area contributed by atoms with Gasteiger partial charge in [0.2, 0.25) is 0 Å². The van der Waals surface area contributed by atoms with Crippen LogP contribution < -0.4 is 5.73 Å². The van der Waals surface area contributed by atoms with Crippen molar-refractivity contribution in [3.05, 3.63) is 21.0 Å². The highest BCUT2D eigenvalue weighted by atomic mass is 127. The van der Waals surface area contributed by atoms with Crippen LogP contribution in [0.2, 0.25) is 5.15 Å². The van der Waals surface area contributed by atoms with E-state index in [0.717, 1.165) is 3.57 Å². The van der Waals surface area contributed by atoms with Crippen LogP contribution in [0, 0.1) is 3.57 Å². The standard InChI is InChI=1S/C5H4ClIN2.C2HF3O2/c6-5-4(8)3(7)1-2-9-5;3-2(4,5)1(6)7/h1-2H,8H2;(H,6,7). The van der Waals surface area contributed by atoms with E-state index in [2.05, 4.69) is 27.6 Å². The number of nitrogens with two attached hydrogens (primary N) is 1. The van der Waals surface area contributed by atoms with Crippen LogP contribution >= 0.6 is 34.2 Å². The van der Waals surface area contributed by atoms with Crippen molar-refractivity contribution < 1.29 is 23.1 Å². The number of carboxylic acids is 1. The summed E-state index contributed by atoms with van der Waals surface area (Å²) in [6, 6.07) is 1.81. The van der Waals surface area contributed by atoms with Crippen molar-refractivity contribution in [1.29, 1.82) is 0 Å². The van der Waals surface area contributed by atoms with Crippen LogP contribution in [-0.4, -0.2) is 22.2 Å². The molecule has 0 unspecified atom stereocenters. The molecule has 0 aliphatic carbocycles. The molecule has 1 aromatic heterocycles. The molecule has 0 aliphatic heterocycles. The van der Waals surface area contributed by atoms with Gasteiger partial charge in [0.25, 0.3) is 0 Å². The number of aromatic nitrogens is 1. The smallest absolute Gasteiger partial charge is 0.475 e. The van der Waals surface area contributed by atoms with E-state index in [9.17, 15) is 13.2 Å². The summed E-state index contributed by atoms with van der Waals surface area (Å²) in [5.74, 6) is -2.76. The Morgan fingerprint density at radius 2 is 2.00 bits per heavy atom. The summed E-state index contributed by atoms with van der Waals surface area (Å²) < 4.78 is 32.7. The Morgan fingerprint density at radius 3 is 2.25 bits per heavy atom. The Labute approximate surface area is 107 Å². The second kappa shape index (κ2) is 6.09. The molecule has 0 aliphatic rings. The maximum atomic E-state index is 10.6. The molecule has 0 aromatic carbocycles. The van der Waals surface area contributed by atoms with Gasteiger partial charge in [-0.25, -0.2) is 9.78 Å². The van der Waals surface area contributed by atoms with Gasteiger partial charge < -0.3 is 10.8 Å². The maximum Gasteiger partial charge on any atom is 0.490 e. The minimum absolute atomic E-state index is 0.377. The topological polar surface area (TPSA) is 76.2 Å². The van der Waals surface area contributed by atoms with Crippen molar-refractivity contribution in [3.63, 3.8) is 0 Å². The third-order valence-corrected chi connectivity index (χ3v) is 2.37. The first-order valence-corrected chi connectivity index (χ1v) is 4.97. The molecule has 1 rings (SSSR count). The minimum atomic E-state index is -5.08. The zero-order chi connectivity index (χ0) is 12.9. The highest BCUT2D eigenvalue weighted by Crippen LogP contribution is 2.20. The SMILES string of the molecule is Nc1c(I)ccnc1Cl.O=C(O)C(F)(F)F. The Morgan fingerprint density at radius 1 is 1.56 bits per heavy atom. The molecule has 0 fully saturated rings. The van der Waals surface area contributed by atoms with E-state index in [1.54, 1.807) is 6.20 Å². The van der Waals surface area contributed by atoms with Crippen molar-refractivity contribution >= 4 is 45.8 Å². The quantitative estimate of drug-likeness (QED) is 0.545. The summed E-state index contributed by atoms with van der Waals surface area (Å²) in [4.78, 5) is 12.7. The molecule has 9 heteroatoms. The predicted octanol–water partition coefficient (Wildman–Crippen LogP) is 2.56. The van der Waals surface area contributed by atoms with Crippen molar-refractivity contribution in [3.8, 4) is 0 Å². The monoisotopic (exact) mass is 368 g/mol. The molecule has 0 saturated carbocycles. The fourth-order valence-corrected chi connectivity index (χ4v) is 1.16. The third-order valence-electron chi connectivity index (χ3n) is 1.13. The number of halogens is 5. The molecule has 3 N–H and O–H groups in total. The van der Waals surface area contributed by atoms with Gasteiger partial charge in [0.15, 0.2) is 5.15 Å². The van der Waals surface area contributed by atoms with Gasteiger partial charge >= 0.3 is 12.1 Å². The second-order valence-corrected chi connectivity index (χ2v) is 3.82. The summed E-state index contributed by atoms with van der Waals surface area (Å²) in [6.45, 7) is 0. The van der Waals surface area contributed by atoms with E-state index in [1.807, 2.05) is 6.07 Å². The van der Waals surface area contributed by atoms with Crippen LogP contribution in [0.5, 0.6) is 0 Å². The van der Waals surface area contributed by atoms with E-state index in [4.69, 9.17) is 27.2 Å². The number of hydrogen-bond donors (Lipinski definition) is 2. The van der Waals surface area contributed by atoms with Gasteiger partial charge in [-0.2, -0.15) is 13.2 Å². The minimum Gasteiger partial charge on any atom is -0.475 e. The van der Waals surface area contributed by atoms with Crippen LogP contribution in [-0.2, 0) is 4.79 Å². The molecule has 16 heavy (non-hydrogen) atoms. The molecule has 0 spiro atoms.